The van der Waals surface area contributed by atoms with Crippen molar-refractivity contribution < 1.29 is 4.79 Å². The van der Waals surface area contributed by atoms with Crippen LogP contribution in [0.2, 0.25) is 0 Å². The van der Waals surface area contributed by atoms with E-state index in [2.05, 4.69) is 12.2 Å². The van der Waals surface area contributed by atoms with Crippen molar-refractivity contribution in [2.45, 2.75) is 19.3 Å². The Morgan fingerprint density at radius 1 is 1.44 bits per heavy atom. The Morgan fingerprint density at radius 3 is 2.56 bits per heavy atom. The summed E-state index contributed by atoms with van der Waals surface area (Å²) in [4.78, 5) is 10.1. The summed E-state index contributed by atoms with van der Waals surface area (Å²) in [6.07, 6.45) is 8.39. The monoisotopic (exact) mass is 150 g/mol. The summed E-state index contributed by atoms with van der Waals surface area (Å²) < 4.78 is 0. The molecule has 0 saturated heterocycles. The van der Waals surface area contributed by atoms with Gasteiger partial charge in [0.15, 0.2) is 0 Å². The predicted octanol–water partition coefficient (Wildman–Crippen LogP) is 0.893. The van der Waals surface area contributed by atoms with Gasteiger partial charge in [0.25, 0.3) is 0 Å². The average Bonchev–Trinajstić information content (AvgIpc) is 1.90. The minimum atomic E-state index is 0. The Labute approximate surface area is 98.3 Å². The van der Waals surface area contributed by atoms with Crippen LogP contribution in [-0.2, 0) is 4.79 Å². The molecule has 0 amide bonds. The van der Waals surface area contributed by atoms with Crippen LogP contribution in [0.4, 0.5) is 0 Å². The molecule has 0 aromatic heterocycles. The molecule has 46 valence electrons. The van der Waals surface area contributed by atoms with Crippen LogP contribution in [0.3, 0.4) is 0 Å². The van der Waals surface area contributed by atoms with Crippen LogP contribution in [0.15, 0.2) is 12.2 Å². The molecular weight excluding hydrogens is 139 g/mol. The molecule has 2 heteroatoms. The van der Waals surface area contributed by atoms with Gasteiger partial charge in [-0.15, -0.1) is 0 Å². The van der Waals surface area contributed by atoms with E-state index in [1.807, 2.05) is 0 Å². The number of rotatable bonds is 1. The predicted molar refractivity (Wildman–Crippen MR) is 39.7 cm³/mol. The summed E-state index contributed by atoms with van der Waals surface area (Å²) in [6.45, 7) is 0. The second-order valence-electron chi connectivity index (χ2n) is 2.18. The fraction of sp³-hybridized carbons (Fsp3) is 0.571. The van der Waals surface area contributed by atoms with Gasteiger partial charge in [-0.2, -0.15) is 0 Å². The van der Waals surface area contributed by atoms with Crippen LogP contribution in [0.25, 0.3) is 0 Å². The van der Waals surface area contributed by atoms with Crippen molar-refractivity contribution in [1.82, 2.24) is 0 Å². The van der Waals surface area contributed by atoms with Crippen LogP contribution >= 0.6 is 0 Å². The molecule has 1 nitrogen and oxygen atoms in total. The van der Waals surface area contributed by atoms with Crippen molar-refractivity contribution >= 4 is 57.7 Å². The maximum absolute atomic E-state index is 10.1. The van der Waals surface area contributed by atoms with Crippen LogP contribution in [0.1, 0.15) is 19.3 Å². The summed E-state index contributed by atoms with van der Waals surface area (Å²) in [5, 5.41) is 0. The zero-order chi connectivity index (χ0) is 5.82. The quantitative estimate of drug-likeness (QED) is 0.308. The topological polar surface area (TPSA) is 17.1 Å². The van der Waals surface area contributed by atoms with E-state index < -0.39 is 0 Å². The van der Waals surface area contributed by atoms with E-state index in [0.29, 0.717) is 5.92 Å². The number of aldehydes is 1. The zero-order valence-corrected chi connectivity index (χ0v) is 4.84. The molecule has 1 unspecified atom stereocenters. The molecule has 0 fully saturated rings. The molecule has 1 aliphatic carbocycles. The summed E-state index contributed by atoms with van der Waals surface area (Å²) in [7, 11) is 0. The molecule has 9 heavy (non-hydrogen) atoms. The molecular formula is C7H11KO. The number of hydrogen-bond donors (Lipinski definition) is 0. The zero-order valence-electron chi connectivity index (χ0n) is 4.84. The molecule has 0 aromatic carbocycles. The van der Waals surface area contributed by atoms with Gasteiger partial charge in [0.05, 0.1) is 0 Å². The van der Waals surface area contributed by atoms with Crippen molar-refractivity contribution in [3.05, 3.63) is 12.2 Å². The van der Waals surface area contributed by atoms with Crippen molar-refractivity contribution in [2.24, 2.45) is 5.92 Å². The van der Waals surface area contributed by atoms with Gasteiger partial charge in [0.2, 0.25) is 0 Å². The second-order valence-corrected chi connectivity index (χ2v) is 2.18. The maximum atomic E-state index is 10.1. The molecule has 0 aliphatic heterocycles. The third-order valence-corrected chi connectivity index (χ3v) is 1.50. The molecule has 0 spiro atoms. The Kier molecular flexibility index (Phi) is 6.48. The van der Waals surface area contributed by atoms with E-state index in [1.54, 1.807) is 0 Å². The SMILES string of the molecule is O=CC1CC=CCC1.[KH]. The van der Waals surface area contributed by atoms with Gasteiger partial charge in [-0.05, 0) is 19.3 Å². The molecule has 0 aromatic rings. The van der Waals surface area contributed by atoms with E-state index in [-0.39, 0.29) is 51.4 Å². The van der Waals surface area contributed by atoms with Crippen molar-refractivity contribution in [3.8, 4) is 0 Å². The minimum absolute atomic E-state index is 0. The van der Waals surface area contributed by atoms with Crippen molar-refractivity contribution in [2.75, 3.05) is 0 Å². The van der Waals surface area contributed by atoms with Crippen LogP contribution < -0.4 is 0 Å². The molecule has 0 heterocycles. The second kappa shape index (κ2) is 5.80. The summed E-state index contributed by atoms with van der Waals surface area (Å²) in [6, 6.07) is 0. The first-order valence-electron chi connectivity index (χ1n) is 3.04. The van der Waals surface area contributed by atoms with Crippen molar-refractivity contribution in [3.63, 3.8) is 0 Å². The summed E-state index contributed by atoms with van der Waals surface area (Å²) in [5.41, 5.74) is 0. The normalized spacial score (nSPS) is 24.7. The van der Waals surface area contributed by atoms with Crippen molar-refractivity contribution in [1.29, 1.82) is 0 Å². The van der Waals surface area contributed by atoms with Gasteiger partial charge in [-0.3, -0.25) is 0 Å². The average molecular weight is 150 g/mol. The molecule has 0 radical (unpaired) electrons. The fourth-order valence-electron chi connectivity index (χ4n) is 0.941. The first-order valence-corrected chi connectivity index (χ1v) is 3.04. The van der Waals surface area contributed by atoms with Gasteiger partial charge in [-0.1, -0.05) is 12.2 Å². The van der Waals surface area contributed by atoms with Gasteiger partial charge < -0.3 is 4.79 Å². The van der Waals surface area contributed by atoms with Gasteiger partial charge in [-0.25, -0.2) is 0 Å². The molecule has 1 rings (SSSR count). The summed E-state index contributed by atoms with van der Waals surface area (Å²) in [5.74, 6) is 0.319. The first-order chi connectivity index (χ1) is 3.93. The van der Waals surface area contributed by atoms with E-state index in [1.165, 1.54) is 0 Å². The Bertz CT molecular complexity index is 109. The van der Waals surface area contributed by atoms with Crippen LogP contribution in [0, 0.1) is 5.92 Å². The molecule has 0 saturated carbocycles. The molecule has 0 N–H and O–H groups in total. The third-order valence-electron chi connectivity index (χ3n) is 1.50. The number of allylic oxidation sites excluding steroid dienone is 2. The Morgan fingerprint density at radius 2 is 2.22 bits per heavy atom. The van der Waals surface area contributed by atoms with Crippen LogP contribution in [-0.4, -0.2) is 57.7 Å². The Balaban J connectivity index is 0.000000640. The number of carbonyl (C=O) groups excluding carboxylic acids is 1. The van der Waals surface area contributed by atoms with E-state index in [4.69, 9.17) is 0 Å². The van der Waals surface area contributed by atoms with Gasteiger partial charge >= 0.3 is 51.4 Å². The van der Waals surface area contributed by atoms with Gasteiger partial charge in [0, 0.05) is 5.92 Å². The molecule has 1 atom stereocenters. The number of carbonyl (C=O) groups is 1. The third kappa shape index (κ3) is 3.68. The van der Waals surface area contributed by atoms with Crippen LogP contribution in [0.5, 0.6) is 0 Å². The number of hydrogen-bond acceptors (Lipinski definition) is 1. The van der Waals surface area contributed by atoms with Gasteiger partial charge in [0.1, 0.15) is 6.29 Å². The molecule has 0 bridgehead atoms. The van der Waals surface area contributed by atoms with E-state index in [0.717, 1.165) is 25.5 Å². The Hall–Kier alpha value is 1.05. The fourth-order valence-corrected chi connectivity index (χ4v) is 0.941. The summed E-state index contributed by atoms with van der Waals surface area (Å²) >= 11 is 0. The standard InChI is InChI=1S/C7H10O.K.H/c8-6-7-4-2-1-3-5-7;;/h1-2,6-7H,3-5H2;;. The van der Waals surface area contributed by atoms with E-state index >= 15 is 0 Å². The first kappa shape index (κ1) is 10.0. The molecule has 1 aliphatic rings. The van der Waals surface area contributed by atoms with E-state index in [9.17, 15) is 4.79 Å².